The van der Waals surface area contributed by atoms with Gasteiger partial charge in [0.05, 0.1) is 11.7 Å². The van der Waals surface area contributed by atoms with E-state index in [0.717, 1.165) is 0 Å². The predicted octanol–water partition coefficient (Wildman–Crippen LogP) is 1.85. The minimum absolute atomic E-state index is 0.160. The number of benzene rings is 1. The van der Waals surface area contributed by atoms with Gasteiger partial charge in [-0.05, 0) is 13.0 Å². The van der Waals surface area contributed by atoms with Crippen molar-refractivity contribution in [3.63, 3.8) is 0 Å². The molecule has 1 heterocycles. The summed E-state index contributed by atoms with van der Waals surface area (Å²) in [6.45, 7) is 1.61. The molecule has 0 fully saturated rings. The van der Waals surface area contributed by atoms with Crippen LogP contribution in [0.4, 0.5) is 0 Å². The minimum Gasteiger partial charge on any atom is -0.387 e. The van der Waals surface area contributed by atoms with Gasteiger partial charge in [0, 0.05) is 23.9 Å². The Morgan fingerprint density at radius 1 is 1.05 bits per heavy atom. The first kappa shape index (κ1) is 11.9. The van der Waals surface area contributed by atoms with Crippen LogP contribution in [0.5, 0.6) is 0 Å². The molecule has 4 nitrogen and oxygen atoms in total. The van der Waals surface area contributed by atoms with Gasteiger partial charge < -0.3 is 9.67 Å². The maximum Gasteiger partial charge on any atom is 0.210 e. The molecule has 1 N–H and O–H groups in total. The van der Waals surface area contributed by atoms with E-state index in [-0.39, 0.29) is 11.6 Å². The number of aliphatic hydroxyl groups is 1. The number of hydrogen-bond donors (Lipinski definition) is 1. The van der Waals surface area contributed by atoms with Crippen LogP contribution in [0.25, 0.3) is 0 Å². The average Bonchev–Trinajstić information content (AvgIpc) is 2.74. The van der Waals surface area contributed by atoms with Crippen molar-refractivity contribution in [2.45, 2.75) is 13.0 Å². The summed E-state index contributed by atoms with van der Waals surface area (Å²) in [6.07, 6.45) is -0.723. The number of carbonyl (C=O) groups excluding carboxylic acids is 2. The van der Waals surface area contributed by atoms with Crippen LogP contribution in [0.15, 0.2) is 30.3 Å². The van der Waals surface area contributed by atoms with Crippen LogP contribution >= 0.6 is 0 Å². The third-order valence-corrected chi connectivity index (χ3v) is 3.57. The van der Waals surface area contributed by atoms with Crippen LogP contribution in [-0.4, -0.2) is 21.2 Å². The normalized spacial score (nSPS) is 15.1. The summed E-state index contributed by atoms with van der Waals surface area (Å²) in [5.74, 6) is -0.327. The van der Waals surface area contributed by atoms with E-state index in [0.29, 0.717) is 28.1 Å². The van der Waals surface area contributed by atoms with Crippen molar-refractivity contribution in [1.82, 2.24) is 4.57 Å². The minimum atomic E-state index is -0.723. The molecule has 2 aromatic rings. The number of carbonyl (C=O) groups is 2. The van der Waals surface area contributed by atoms with E-state index in [4.69, 9.17) is 0 Å². The van der Waals surface area contributed by atoms with Crippen LogP contribution in [0.1, 0.15) is 50.7 Å². The first-order valence-corrected chi connectivity index (χ1v) is 6.08. The smallest absolute Gasteiger partial charge is 0.210 e. The molecule has 1 unspecified atom stereocenters. The first-order valence-electron chi connectivity index (χ1n) is 6.08. The zero-order chi connectivity index (χ0) is 13.7. The van der Waals surface area contributed by atoms with Crippen molar-refractivity contribution in [2.75, 3.05) is 0 Å². The second kappa shape index (κ2) is 3.90. The van der Waals surface area contributed by atoms with Crippen LogP contribution in [-0.2, 0) is 7.05 Å². The zero-order valence-corrected chi connectivity index (χ0v) is 10.7. The van der Waals surface area contributed by atoms with E-state index >= 15 is 0 Å². The monoisotopic (exact) mass is 255 g/mol. The van der Waals surface area contributed by atoms with E-state index in [1.54, 1.807) is 48.9 Å². The summed E-state index contributed by atoms with van der Waals surface area (Å²) in [5, 5.41) is 9.70. The molecule has 0 aliphatic heterocycles. The summed E-state index contributed by atoms with van der Waals surface area (Å²) in [6, 6.07) is 8.42. The molecule has 1 aromatic heterocycles. The summed E-state index contributed by atoms with van der Waals surface area (Å²) < 4.78 is 1.61. The summed E-state index contributed by atoms with van der Waals surface area (Å²) in [5.41, 5.74) is 2.17. The van der Waals surface area contributed by atoms with Crippen molar-refractivity contribution in [3.8, 4) is 0 Å². The number of ketones is 2. The first-order chi connectivity index (χ1) is 9.02. The fourth-order valence-corrected chi connectivity index (χ4v) is 2.62. The van der Waals surface area contributed by atoms with Gasteiger partial charge in [0.15, 0.2) is 5.78 Å². The van der Waals surface area contributed by atoms with Gasteiger partial charge in [-0.15, -0.1) is 0 Å². The topological polar surface area (TPSA) is 59.3 Å². The third kappa shape index (κ3) is 1.50. The van der Waals surface area contributed by atoms with E-state index in [9.17, 15) is 14.7 Å². The highest BCUT2D eigenvalue weighted by atomic mass is 16.3. The third-order valence-electron chi connectivity index (χ3n) is 3.57. The predicted molar refractivity (Wildman–Crippen MR) is 69.4 cm³/mol. The Labute approximate surface area is 110 Å². The van der Waals surface area contributed by atoms with Gasteiger partial charge in [-0.2, -0.15) is 0 Å². The van der Waals surface area contributed by atoms with Gasteiger partial charge in [0.1, 0.15) is 5.69 Å². The highest BCUT2D eigenvalue weighted by Crippen LogP contribution is 2.30. The molecule has 0 spiro atoms. The Bertz CT molecular complexity index is 710. The van der Waals surface area contributed by atoms with Crippen molar-refractivity contribution < 1.29 is 14.7 Å². The van der Waals surface area contributed by atoms with Crippen molar-refractivity contribution >= 4 is 11.6 Å². The van der Waals surface area contributed by atoms with E-state index in [2.05, 4.69) is 0 Å². The van der Waals surface area contributed by atoms with Crippen molar-refractivity contribution in [1.29, 1.82) is 0 Å². The van der Waals surface area contributed by atoms with Gasteiger partial charge in [0.2, 0.25) is 5.78 Å². The molecule has 0 radical (unpaired) electrons. The van der Waals surface area contributed by atoms with Gasteiger partial charge >= 0.3 is 0 Å². The zero-order valence-electron chi connectivity index (χ0n) is 10.7. The average molecular weight is 255 g/mol. The Morgan fingerprint density at radius 3 is 2.21 bits per heavy atom. The Balaban J connectivity index is 2.30. The Hall–Kier alpha value is -2.20. The summed E-state index contributed by atoms with van der Waals surface area (Å²) in [4.78, 5) is 24.9. The number of aromatic nitrogens is 1. The molecule has 96 valence electrons. The Morgan fingerprint density at radius 2 is 1.63 bits per heavy atom. The highest BCUT2D eigenvalue weighted by Gasteiger charge is 2.33. The number of aliphatic hydroxyl groups excluding tert-OH is 1. The molecule has 1 atom stereocenters. The molecule has 19 heavy (non-hydrogen) atoms. The molecule has 1 aliphatic carbocycles. The number of nitrogens with zero attached hydrogens (tertiary/aromatic N) is 1. The molecule has 0 saturated carbocycles. The molecule has 0 saturated heterocycles. The van der Waals surface area contributed by atoms with Crippen molar-refractivity contribution in [3.05, 3.63) is 58.4 Å². The van der Waals surface area contributed by atoms with Gasteiger partial charge in [-0.3, -0.25) is 9.59 Å². The summed E-state index contributed by atoms with van der Waals surface area (Å²) in [7, 11) is 1.69. The van der Waals surface area contributed by atoms with Crippen LogP contribution < -0.4 is 0 Å². The van der Waals surface area contributed by atoms with Crippen molar-refractivity contribution in [2.24, 2.45) is 7.05 Å². The number of rotatable bonds is 1. The van der Waals surface area contributed by atoms with Gasteiger partial charge in [0.25, 0.3) is 0 Å². The largest absolute Gasteiger partial charge is 0.387 e. The lowest BCUT2D eigenvalue weighted by Crippen LogP contribution is -2.22. The molecule has 1 aromatic carbocycles. The van der Waals surface area contributed by atoms with Gasteiger partial charge in [-0.25, -0.2) is 0 Å². The standard InChI is InChI=1S/C15H13NO3/c1-8(17)12-7-11-13(16(12)2)15(19)10-6-4-3-5-9(10)14(11)18/h3-8,17H,1-2H3. The number of hydrogen-bond acceptors (Lipinski definition) is 3. The summed E-state index contributed by atoms with van der Waals surface area (Å²) >= 11 is 0. The van der Waals surface area contributed by atoms with E-state index in [1.165, 1.54) is 0 Å². The molecule has 4 heteroatoms. The molecular formula is C15H13NO3. The quantitative estimate of drug-likeness (QED) is 0.722. The fraction of sp³-hybridized carbons (Fsp3) is 0.200. The van der Waals surface area contributed by atoms with E-state index < -0.39 is 6.10 Å². The lowest BCUT2D eigenvalue weighted by atomic mass is 9.88. The maximum atomic E-state index is 12.5. The van der Waals surface area contributed by atoms with E-state index in [1.807, 2.05) is 0 Å². The SMILES string of the molecule is CC(O)c1cc2c(n1C)C(=O)c1ccccc1C2=O. The lowest BCUT2D eigenvalue weighted by Gasteiger charge is -2.15. The number of fused-ring (bicyclic) bond motifs is 2. The van der Waals surface area contributed by atoms with Crippen LogP contribution in [0.3, 0.4) is 0 Å². The second-order valence-electron chi connectivity index (χ2n) is 4.77. The lowest BCUT2D eigenvalue weighted by molar-refractivity contribution is 0.0974. The van der Waals surface area contributed by atoms with Gasteiger partial charge in [-0.1, -0.05) is 24.3 Å². The van der Waals surface area contributed by atoms with Crippen LogP contribution in [0, 0.1) is 0 Å². The molecule has 0 bridgehead atoms. The Kier molecular flexibility index (Phi) is 2.43. The fourth-order valence-electron chi connectivity index (χ4n) is 2.62. The maximum absolute atomic E-state index is 12.5. The molecule has 0 amide bonds. The highest BCUT2D eigenvalue weighted by molar-refractivity contribution is 6.28. The van der Waals surface area contributed by atoms with Crippen LogP contribution in [0.2, 0.25) is 0 Å². The molecule has 1 aliphatic rings. The molecular weight excluding hydrogens is 242 g/mol. The molecule has 3 rings (SSSR count). The second-order valence-corrected chi connectivity index (χ2v) is 4.77.